The molecule has 0 aliphatic heterocycles. The van der Waals surface area contributed by atoms with Crippen LogP contribution in [-0.2, 0) is 0 Å². The van der Waals surface area contributed by atoms with Gasteiger partial charge in [0, 0.05) is 9.85 Å². The minimum absolute atomic E-state index is 0. The Morgan fingerprint density at radius 3 is 0.931 bits per heavy atom. The van der Waals surface area contributed by atoms with Crippen molar-refractivity contribution in [1.82, 2.24) is 0 Å². The van der Waals surface area contributed by atoms with Crippen LogP contribution in [0.3, 0.4) is 0 Å². The van der Waals surface area contributed by atoms with Gasteiger partial charge in [0.15, 0.2) is 0 Å². The van der Waals surface area contributed by atoms with E-state index in [2.05, 4.69) is 0 Å². The van der Waals surface area contributed by atoms with Crippen molar-refractivity contribution < 1.29 is 66.4 Å². The normalized spacial score (nSPS) is 19.1. The Morgan fingerprint density at radius 1 is 0.552 bits per heavy atom. The Labute approximate surface area is 162 Å². The molecular formula is C12H28N2O15. The molecule has 0 spiro atoms. The molecule has 17 nitrogen and oxygen atoms in total. The van der Waals surface area contributed by atoms with Crippen LogP contribution in [0.15, 0.2) is 0 Å². The van der Waals surface area contributed by atoms with Gasteiger partial charge in [-0.15, -0.1) is 0 Å². The molecule has 8 atom stereocenters. The van der Waals surface area contributed by atoms with Gasteiger partial charge < -0.3 is 56.5 Å². The fourth-order valence-corrected chi connectivity index (χ4v) is 1.65. The molecule has 29 heavy (non-hydrogen) atoms. The van der Waals surface area contributed by atoms with Crippen LogP contribution in [0.4, 0.5) is 0 Å². The lowest BCUT2D eigenvalue weighted by atomic mass is 10.0. The molecule has 0 aromatic heterocycles. The summed E-state index contributed by atoms with van der Waals surface area (Å²) >= 11 is 0. The van der Waals surface area contributed by atoms with E-state index in [9.17, 15) is 20.2 Å². The lowest BCUT2D eigenvalue weighted by molar-refractivity contribution is -0.493. The quantitative estimate of drug-likeness (QED) is 0.0995. The largest absolute Gasteiger partial charge is 0.412 e. The number of aliphatic hydroxyl groups is 10. The first kappa shape index (κ1) is 32.0. The molecule has 0 rings (SSSR count). The molecule has 0 aliphatic carbocycles. The number of hydrogen-bond donors (Lipinski definition) is 10. The molecule has 0 radical (unpaired) electrons. The van der Waals surface area contributed by atoms with E-state index in [4.69, 9.17) is 51.1 Å². The van der Waals surface area contributed by atoms with E-state index < -0.39 is 85.0 Å². The molecule has 0 aromatic carbocycles. The molecular weight excluding hydrogens is 412 g/mol. The first-order valence-corrected chi connectivity index (χ1v) is 7.69. The van der Waals surface area contributed by atoms with Crippen LogP contribution in [-0.4, -0.2) is 142 Å². The fraction of sp³-hybridized carbons (Fsp3) is 1.00. The number of aliphatic hydroxyl groups excluding tert-OH is 10. The Kier molecular flexibility index (Phi) is 17.9. The van der Waals surface area contributed by atoms with Crippen LogP contribution in [0, 0.1) is 20.2 Å². The predicted molar refractivity (Wildman–Crippen MR) is 89.6 cm³/mol. The maximum absolute atomic E-state index is 9.92. The van der Waals surface area contributed by atoms with Gasteiger partial charge in [-0.3, -0.25) is 20.2 Å². The maximum atomic E-state index is 9.92. The van der Waals surface area contributed by atoms with Crippen LogP contribution in [0.1, 0.15) is 0 Å². The van der Waals surface area contributed by atoms with E-state index in [1.54, 1.807) is 0 Å². The summed E-state index contributed by atoms with van der Waals surface area (Å²) in [7, 11) is 0. The van der Waals surface area contributed by atoms with Crippen molar-refractivity contribution in [3.8, 4) is 0 Å². The van der Waals surface area contributed by atoms with Gasteiger partial charge in [-0.1, -0.05) is 0 Å². The molecule has 17 heteroatoms. The van der Waals surface area contributed by atoms with Crippen LogP contribution in [0.5, 0.6) is 0 Å². The van der Waals surface area contributed by atoms with Gasteiger partial charge in [0.25, 0.3) is 0 Å². The molecule has 0 saturated heterocycles. The first-order chi connectivity index (χ1) is 12.8. The molecule has 0 aromatic rings. The SMILES string of the molecule is O.O=[N+]([O-])C[C@@H](O)[C@H](O)[C@@H](O)[C@H](O)CO.O=[N+]([O-])C[C@@H](O)[C@H](O)[C@@H](O)[C@H](O)CO. The second-order valence-electron chi connectivity index (χ2n) is 5.63. The van der Waals surface area contributed by atoms with Gasteiger partial charge in [-0.05, 0) is 0 Å². The molecule has 0 amide bonds. The van der Waals surface area contributed by atoms with Crippen LogP contribution in [0.25, 0.3) is 0 Å². The number of rotatable bonds is 12. The summed E-state index contributed by atoms with van der Waals surface area (Å²) < 4.78 is 0. The number of nitro groups is 2. The summed E-state index contributed by atoms with van der Waals surface area (Å²) in [6.45, 7) is -3.53. The molecule has 0 unspecified atom stereocenters. The summed E-state index contributed by atoms with van der Waals surface area (Å²) in [6, 6.07) is 0. The molecule has 176 valence electrons. The van der Waals surface area contributed by atoms with Crippen molar-refractivity contribution in [2.24, 2.45) is 0 Å². The maximum Gasteiger partial charge on any atom is 0.232 e. The fourth-order valence-electron chi connectivity index (χ4n) is 1.65. The van der Waals surface area contributed by atoms with E-state index in [1.807, 2.05) is 0 Å². The zero-order chi connectivity index (χ0) is 22.6. The lowest BCUT2D eigenvalue weighted by Gasteiger charge is -2.23. The Hall–Kier alpha value is -1.64. The third-order valence-corrected chi connectivity index (χ3v) is 3.32. The second kappa shape index (κ2) is 16.2. The van der Waals surface area contributed by atoms with Gasteiger partial charge in [-0.2, -0.15) is 0 Å². The van der Waals surface area contributed by atoms with Crippen molar-refractivity contribution >= 4 is 0 Å². The van der Waals surface area contributed by atoms with E-state index in [1.165, 1.54) is 0 Å². The molecule has 0 fully saturated rings. The Balaban J connectivity index is -0.000000451. The third kappa shape index (κ3) is 13.2. The third-order valence-electron chi connectivity index (χ3n) is 3.32. The van der Waals surface area contributed by atoms with Gasteiger partial charge in [0.2, 0.25) is 13.1 Å². The number of hydrogen-bond acceptors (Lipinski definition) is 14. The average molecular weight is 440 g/mol. The molecule has 0 bridgehead atoms. The van der Waals surface area contributed by atoms with Crippen LogP contribution >= 0.6 is 0 Å². The van der Waals surface area contributed by atoms with E-state index >= 15 is 0 Å². The molecule has 12 N–H and O–H groups in total. The van der Waals surface area contributed by atoms with Crippen molar-refractivity contribution in [2.45, 2.75) is 48.8 Å². The smallest absolute Gasteiger partial charge is 0.232 e. The minimum Gasteiger partial charge on any atom is -0.412 e. The van der Waals surface area contributed by atoms with E-state index in [0.717, 1.165) is 0 Å². The highest BCUT2D eigenvalue weighted by atomic mass is 16.6. The van der Waals surface area contributed by atoms with Crippen molar-refractivity contribution in [1.29, 1.82) is 0 Å². The summed E-state index contributed by atoms with van der Waals surface area (Å²) in [5.41, 5.74) is 0. The first-order valence-electron chi connectivity index (χ1n) is 7.69. The predicted octanol–water partition coefficient (Wildman–Crippen LogP) is -7.43. The summed E-state index contributed by atoms with van der Waals surface area (Å²) in [4.78, 5) is 18.1. The summed E-state index contributed by atoms with van der Waals surface area (Å²) in [5, 5.41) is 108. The molecule has 0 heterocycles. The summed E-state index contributed by atoms with van der Waals surface area (Å²) in [6.07, 6.45) is -14.3. The van der Waals surface area contributed by atoms with Crippen molar-refractivity contribution in [2.75, 3.05) is 26.3 Å². The van der Waals surface area contributed by atoms with Gasteiger partial charge in [-0.25, -0.2) is 0 Å². The highest BCUT2D eigenvalue weighted by Gasteiger charge is 2.33. The number of nitrogens with zero attached hydrogens (tertiary/aromatic N) is 2. The summed E-state index contributed by atoms with van der Waals surface area (Å²) in [5.74, 6) is 0. The molecule has 0 aliphatic rings. The van der Waals surface area contributed by atoms with E-state index in [-0.39, 0.29) is 5.48 Å². The zero-order valence-corrected chi connectivity index (χ0v) is 14.9. The highest BCUT2D eigenvalue weighted by Crippen LogP contribution is 2.06. The van der Waals surface area contributed by atoms with E-state index in [0.29, 0.717) is 0 Å². The topological polar surface area (TPSA) is 320 Å². The Morgan fingerprint density at radius 2 is 0.759 bits per heavy atom. The zero-order valence-electron chi connectivity index (χ0n) is 14.9. The van der Waals surface area contributed by atoms with Gasteiger partial charge in [0.05, 0.1) is 13.2 Å². The van der Waals surface area contributed by atoms with Gasteiger partial charge in [0.1, 0.15) is 48.8 Å². The monoisotopic (exact) mass is 440 g/mol. The second-order valence-corrected chi connectivity index (χ2v) is 5.63. The lowest BCUT2D eigenvalue weighted by Crippen LogP contribution is -2.47. The van der Waals surface area contributed by atoms with Crippen molar-refractivity contribution in [3.05, 3.63) is 20.2 Å². The standard InChI is InChI=1S/2C6H13NO7.H2O/c2*8-2-4(10)6(12)5(11)3(9)1-7(13)14;/h2*3-6,8-12H,1-2H2;1H2/t2*3-,4-,5+,6+;/m11./s1. The Bertz CT molecular complexity index is 415. The molecule has 0 saturated carbocycles. The minimum atomic E-state index is -1.87. The highest BCUT2D eigenvalue weighted by molar-refractivity contribution is 4.80. The van der Waals surface area contributed by atoms with Gasteiger partial charge >= 0.3 is 0 Å². The van der Waals surface area contributed by atoms with Crippen LogP contribution < -0.4 is 0 Å². The van der Waals surface area contributed by atoms with Crippen molar-refractivity contribution in [3.63, 3.8) is 0 Å². The van der Waals surface area contributed by atoms with Crippen LogP contribution in [0.2, 0.25) is 0 Å². The average Bonchev–Trinajstić information content (AvgIpc) is 2.63.